The van der Waals surface area contributed by atoms with Gasteiger partial charge in [0.15, 0.2) is 0 Å². The van der Waals surface area contributed by atoms with Crippen LogP contribution in [0.4, 0.5) is 0 Å². The van der Waals surface area contributed by atoms with Crippen molar-refractivity contribution in [2.45, 2.75) is 45.6 Å². The molecule has 0 spiro atoms. The molecular formula is C24H27N7O. The van der Waals surface area contributed by atoms with Crippen molar-refractivity contribution in [3.63, 3.8) is 0 Å². The van der Waals surface area contributed by atoms with Gasteiger partial charge in [0.1, 0.15) is 5.82 Å². The molecule has 3 aromatic heterocycles. The highest BCUT2D eigenvalue weighted by atomic mass is 16.2. The maximum atomic E-state index is 13.0. The number of rotatable bonds is 5. The van der Waals surface area contributed by atoms with E-state index in [0.29, 0.717) is 13.0 Å². The van der Waals surface area contributed by atoms with Crippen molar-refractivity contribution in [2.75, 3.05) is 13.1 Å². The number of carbonyl (C=O) groups is 1. The summed E-state index contributed by atoms with van der Waals surface area (Å²) in [6.45, 7) is 5.99. The lowest BCUT2D eigenvalue weighted by Crippen LogP contribution is -2.39. The Morgan fingerprint density at radius 3 is 2.81 bits per heavy atom. The third-order valence-electron chi connectivity index (χ3n) is 6.38. The average molecular weight is 430 g/mol. The smallest absolute Gasteiger partial charge is 0.224 e. The van der Waals surface area contributed by atoms with Gasteiger partial charge >= 0.3 is 0 Å². The van der Waals surface area contributed by atoms with Gasteiger partial charge in [-0.25, -0.2) is 4.68 Å². The minimum Gasteiger partial charge on any atom is -0.358 e. The van der Waals surface area contributed by atoms with Crippen LogP contribution in [0.15, 0.2) is 42.7 Å². The fourth-order valence-electron chi connectivity index (χ4n) is 4.72. The molecule has 4 heterocycles. The van der Waals surface area contributed by atoms with Crippen LogP contribution in [0.2, 0.25) is 0 Å². The minimum atomic E-state index is 0.155. The first kappa shape index (κ1) is 20.4. The number of benzene rings is 1. The predicted octanol–water partition coefficient (Wildman–Crippen LogP) is 3.63. The molecule has 164 valence electrons. The van der Waals surface area contributed by atoms with Crippen molar-refractivity contribution in [1.29, 1.82) is 0 Å². The highest BCUT2D eigenvalue weighted by Crippen LogP contribution is 2.39. The number of fused-ring (bicyclic) bond motifs is 1. The first-order valence-electron chi connectivity index (χ1n) is 11.1. The zero-order valence-electron chi connectivity index (χ0n) is 18.5. The van der Waals surface area contributed by atoms with Gasteiger partial charge in [-0.2, -0.15) is 0 Å². The molecule has 1 aromatic carbocycles. The molecular weight excluding hydrogens is 402 g/mol. The van der Waals surface area contributed by atoms with Crippen molar-refractivity contribution >= 4 is 16.8 Å². The summed E-state index contributed by atoms with van der Waals surface area (Å²) in [7, 11) is 0. The van der Waals surface area contributed by atoms with E-state index in [-0.39, 0.29) is 11.8 Å². The van der Waals surface area contributed by atoms with Crippen molar-refractivity contribution < 1.29 is 4.79 Å². The number of aryl methyl sites for hydroxylation is 3. The summed E-state index contributed by atoms with van der Waals surface area (Å²) in [4.78, 5) is 22.9. The Kier molecular flexibility index (Phi) is 5.43. The summed E-state index contributed by atoms with van der Waals surface area (Å²) < 4.78 is 1.68. The molecule has 1 aliphatic rings. The van der Waals surface area contributed by atoms with Gasteiger partial charge in [0.25, 0.3) is 0 Å². The highest BCUT2D eigenvalue weighted by molar-refractivity contribution is 5.98. The van der Waals surface area contributed by atoms with Crippen molar-refractivity contribution in [3.8, 4) is 11.1 Å². The van der Waals surface area contributed by atoms with Gasteiger partial charge in [-0.3, -0.25) is 9.78 Å². The van der Waals surface area contributed by atoms with E-state index in [2.05, 4.69) is 62.7 Å². The van der Waals surface area contributed by atoms with Gasteiger partial charge in [0.05, 0.1) is 6.54 Å². The summed E-state index contributed by atoms with van der Waals surface area (Å²) in [5.74, 6) is 1.14. The number of carbonyl (C=O) groups excluding carboxylic acids is 1. The van der Waals surface area contributed by atoms with Crippen LogP contribution in [-0.2, 0) is 11.3 Å². The van der Waals surface area contributed by atoms with Crippen LogP contribution in [0.1, 0.15) is 42.3 Å². The number of nitrogens with one attached hydrogen (secondary N) is 1. The maximum absolute atomic E-state index is 13.0. The molecule has 1 aliphatic heterocycles. The van der Waals surface area contributed by atoms with E-state index in [1.165, 1.54) is 22.2 Å². The van der Waals surface area contributed by atoms with Crippen molar-refractivity contribution in [1.82, 2.24) is 35.1 Å². The zero-order valence-corrected chi connectivity index (χ0v) is 18.5. The monoisotopic (exact) mass is 429 g/mol. The minimum absolute atomic E-state index is 0.155. The fourth-order valence-corrected chi connectivity index (χ4v) is 4.72. The summed E-state index contributed by atoms with van der Waals surface area (Å²) in [6, 6.07) is 10.7. The van der Waals surface area contributed by atoms with E-state index >= 15 is 0 Å². The zero-order chi connectivity index (χ0) is 22.1. The quantitative estimate of drug-likeness (QED) is 0.523. The highest BCUT2D eigenvalue weighted by Gasteiger charge is 2.28. The Balaban J connectivity index is 1.42. The number of tetrazole rings is 1. The van der Waals surface area contributed by atoms with Crippen LogP contribution in [0.25, 0.3) is 22.0 Å². The predicted molar refractivity (Wildman–Crippen MR) is 122 cm³/mol. The fraction of sp³-hybridized carbons (Fsp3) is 0.375. The van der Waals surface area contributed by atoms with E-state index in [4.69, 9.17) is 0 Å². The topological polar surface area (TPSA) is 92.6 Å². The summed E-state index contributed by atoms with van der Waals surface area (Å²) in [5, 5.41) is 12.7. The molecule has 32 heavy (non-hydrogen) atoms. The molecule has 1 unspecified atom stereocenters. The van der Waals surface area contributed by atoms with Gasteiger partial charge in [-0.1, -0.05) is 11.6 Å². The molecule has 1 saturated heterocycles. The number of pyridine rings is 1. The SMILES string of the molecule is Cc1ccc2[nH]c(C3CCCN(C(=O)CCn4nnnc4C)C3)c(-c3ccncc3)c2c1. The number of nitrogens with zero attached hydrogens (tertiary/aromatic N) is 6. The molecule has 1 fully saturated rings. The van der Waals surface area contributed by atoms with E-state index in [1.807, 2.05) is 24.2 Å². The second-order valence-corrected chi connectivity index (χ2v) is 8.58. The number of aromatic nitrogens is 6. The number of H-pyrrole nitrogens is 1. The summed E-state index contributed by atoms with van der Waals surface area (Å²) >= 11 is 0. The van der Waals surface area contributed by atoms with Gasteiger partial charge in [-0.05, 0) is 66.9 Å². The Labute approximate surface area is 186 Å². The molecule has 1 N–H and O–H groups in total. The first-order chi connectivity index (χ1) is 15.6. The largest absolute Gasteiger partial charge is 0.358 e. The van der Waals surface area contributed by atoms with Crippen LogP contribution in [-0.4, -0.2) is 54.1 Å². The van der Waals surface area contributed by atoms with Crippen LogP contribution in [0, 0.1) is 13.8 Å². The lowest BCUT2D eigenvalue weighted by atomic mass is 9.89. The van der Waals surface area contributed by atoms with Crippen molar-refractivity contribution in [3.05, 3.63) is 59.8 Å². The van der Waals surface area contributed by atoms with E-state index < -0.39 is 0 Å². The molecule has 0 saturated carbocycles. The number of amides is 1. The standard InChI is InChI=1S/C24H27N7O/c1-16-5-6-21-20(14-16)23(18-7-10-25-11-8-18)24(26-21)19-4-3-12-30(15-19)22(32)9-13-31-17(2)27-28-29-31/h5-8,10-11,14,19,26H,3-4,9,12-13,15H2,1-2H3. The Morgan fingerprint density at radius 1 is 1.19 bits per heavy atom. The lowest BCUT2D eigenvalue weighted by molar-refractivity contribution is -0.132. The molecule has 8 nitrogen and oxygen atoms in total. The molecule has 0 bridgehead atoms. The van der Waals surface area contributed by atoms with Gasteiger partial charge < -0.3 is 9.88 Å². The number of piperidine rings is 1. The Morgan fingerprint density at radius 2 is 2.03 bits per heavy atom. The number of hydrogen-bond acceptors (Lipinski definition) is 5. The van der Waals surface area contributed by atoms with Crippen LogP contribution < -0.4 is 0 Å². The Hall–Kier alpha value is -3.55. The van der Waals surface area contributed by atoms with Gasteiger partial charge in [0, 0.05) is 60.0 Å². The normalized spacial score (nSPS) is 16.6. The molecule has 4 aromatic rings. The molecule has 8 heteroatoms. The van der Waals surface area contributed by atoms with Crippen LogP contribution in [0.5, 0.6) is 0 Å². The molecule has 0 radical (unpaired) electrons. The second-order valence-electron chi connectivity index (χ2n) is 8.58. The Bertz CT molecular complexity index is 1240. The van der Waals surface area contributed by atoms with Crippen LogP contribution >= 0.6 is 0 Å². The third-order valence-corrected chi connectivity index (χ3v) is 6.38. The number of likely N-dealkylation sites (tertiary alicyclic amines) is 1. The number of aromatic amines is 1. The number of hydrogen-bond donors (Lipinski definition) is 1. The first-order valence-corrected chi connectivity index (χ1v) is 11.1. The average Bonchev–Trinajstić information content (AvgIpc) is 3.41. The molecule has 0 aliphatic carbocycles. The molecule has 1 atom stereocenters. The van der Waals surface area contributed by atoms with E-state index in [0.717, 1.165) is 42.8 Å². The van der Waals surface area contributed by atoms with E-state index in [1.54, 1.807) is 4.68 Å². The van der Waals surface area contributed by atoms with Gasteiger partial charge in [0.2, 0.25) is 5.91 Å². The summed E-state index contributed by atoms with van der Waals surface area (Å²) in [5.41, 5.74) is 5.97. The summed E-state index contributed by atoms with van der Waals surface area (Å²) in [6.07, 6.45) is 6.13. The lowest BCUT2D eigenvalue weighted by Gasteiger charge is -2.33. The van der Waals surface area contributed by atoms with Crippen molar-refractivity contribution in [2.24, 2.45) is 0 Å². The third kappa shape index (κ3) is 3.88. The molecule has 5 rings (SSSR count). The second kappa shape index (κ2) is 8.53. The van der Waals surface area contributed by atoms with Crippen LogP contribution in [0.3, 0.4) is 0 Å². The molecule has 1 amide bonds. The van der Waals surface area contributed by atoms with E-state index in [9.17, 15) is 4.79 Å². The van der Waals surface area contributed by atoms with Gasteiger partial charge in [-0.15, -0.1) is 5.10 Å². The maximum Gasteiger partial charge on any atom is 0.224 e.